The number of guanidine groups is 1. The normalized spacial score (nSPS) is 10.8. The number of nitro groups is 1. The molecule has 0 amide bonds. The van der Waals surface area contributed by atoms with Crippen molar-refractivity contribution in [2.75, 3.05) is 20.2 Å². The van der Waals surface area contributed by atoms with Gasteiger partial charge in [-0.05, 0) is 43.0 Å². The van der Waals surface area contributed by atoms with E-state index in [9.17, 15) is 10.1 Å². The summed E-state index contributed by atoms with van der Waals surface area (Å²) in [5, 5.41) is 17.2. The van der Waals surface area contributed by atoms with Crippen LogP contribution in [-0.2, 0) is 13.0 Å². The molecule has 7 nitrogen and oxygen atoms in total. The highest BCUT2D eigenvalue weighted by Gasteiger charge is 2.05. The second kappa shape index (κ2) is 12.2. The van der Waals surface area contributed by atoms with Crippen LogP contribution < -0.4 is 15.4 Å². The molecule has 152 valence electrons. The summed E-state index contributed by atoms with van der Waals surface area (Å²) in [6.45, 7) is 5.97. The number of nitrogens with one attached hydrogen (secondary N) is 2. The maximum absolute atomic E-state index is 10.7. The second-order valence-electron chi connectivity index (χ2n) is 6.10. The minimum atomic E-state index is -0.404. The lowest BCUT2D eigenvalue weighted by Crippen LogP contribution is -2.38. The number of hydrogen-bond donors (Lipinski definition) is 2. The van der Waals surface area contributed by atoms with Gasteiger partial charge in [0.1, 0.15) is 5.75 Å². The Morgan fingerprint density at radius 3 is 2.43 bits per heavy atom. The molecule has 2 aromatic rings. The number of aryl methyl sites for hydroxylation is 1. The molecule has 28 heavy (non-hydrogen) atoms. The third kappa shape index (κ3) is 7.34. The largest absolute Gasteiger partial charge is 0.496 e. The fraction of sp³-hybridized carbons (Fsp3) is 0.350. The van der Waals surface area contributed by atoms with Crippen LogP contribution >= 0.6 is 24.0 Å². The molecule has 0 heterocycles. The highest BCUT2D eigenvalue weighted by atomic mass is 127. The van der Waals surface area contributed by atoms with Crippen molar-refractivity contribution < 1.29 is 9.66 Å². The van der Waals surface area contributed by atoms with Gasteiger partial charge in [0.25, 0.3) is 5.69 Å². The van der Waals surface area contributed by atoms with Crippen LogP contribution in [0, 0.1) is 17.0 Å². The summed E-state index contributed by atoms with van der Waals surface area (Å²) < 4.78 is 5.36. The molecule has 0 bridgehead atoms. The molecular weight excluding hydrogens is 471 g/mol. The van der Waals surface area contributed by atoms with E-state index in [-0.39, 0.29) is 29.7 Å². The zero-order chi connectivity index (χ0) is 19.6. The highest BCUT2D eigenvalue weighted by Crippen LogP contribution is 2.19. The van der Waals surface area contributed by atoms with Crippen molar-refractivity contribution in [2.45, 2.75) is 26.8 Å². The van der Waals surface area contributed by atoms with Gasteiger partial charge in [-0.3, -0.25) is 10.1 Å². The molecular formula is C20H27IN4O3. The van der Waals surface area contributed by atoms with E-state index in [1.54, 1.807) is 19.2 Å². The Bertz CT molecular complexity index is 795. The third-order valence-corrected chi connectivity index (χ3v) is 4.09. The highest BCUT2D eigenvalue weighted by molar-refractivity contribution is 14.0. The number of hydrogen-bond acceptors (Lipinski definition) is 4. The van der Waals surface area contributed by atoms with Crippen molar-refractivity contribution in [1.82, 2.24) is 10.6 Å². The molecule has 0 spiro atoms. The smallest absolute Gasteiger partial charge is 0.269 e. The van der Waals surface area contributed by atoms with Crippen LogP contribution in [0.3, 0.4) is 0 Å². The summed E-state index contributed by atoms with van der Waals surface area (Å²) in [5.41, 5.74) is 3.31. The fourth-order valence-corrected chi connectivity index (χ4v) is 2.58. The zero-order valence-corrected chi connectivity index (χ0v) is 18.7. The molecule has 2 N–H and O–H groups in total. The summed E-state index contributed by atoms with van der Waals surface area (Å²) in [4.78, 5) is 14.8. The number of benzene rings is 2. The molecule has 0 fully saturated rings. The Morgan fingerprint density at radius 2 is 1.82 bits per heavy atom. The molecule has 0 saturated carbocycles. The average Bonchev–Trinajstić information content (AvgIpc) is 2.67. The molecule has 2 aromatic carbocycles. The number of nitrogens with zero attached hydrogens (tertiary/aromatic N) is 2. The van der Waals surface area contributed by atoms with E-state index in [4.69, 9.17) is 4.74 Å². The Labute approximate surface area is 182 Å². The van der Waals surface area contributed by atoms with E-state index >= 15 is 0 Å². The molecule has 0 radical (unpaired) electrons. The van der Waals surface area contributed by atoms with E-state index in [2.05, 4.69) is 33.8 Å². The van der Waals surface area contributed by atoms with Crippen LogP contribution in [0.2, 0.25) is 0 Å². The third-order valence-electron chi connectivity index (χ3n) is 4.09. The predicted molar refractivity (Wildman–Crippen MR) is 123 cm³/mol. The van der Waals surface area contributed by atoms with Crippen LogP contribution in [0.25, 0.3) is 0 Å². The van der Waals surface area contributed by atoms with Gasteiger partial charge in [0.05, 0.1) is 18.6 Å². The average molecular weight is 498 g/mol. The summed E-state index contributed by atoms with van der Waals surface area (Å²) in [7, 11) is 1.68. The molecule has 8 heteroatoms. The molecule has 0 unspecified atom stereocenters. The van der Waals surface area contributed by atoms with Crippen LogP contribution in [0.5, 0.6) is 5.75 Å². The minimum Gasteiger partial charge on any atom is -0.496 e. The van der Waals surface area contributed by atoms with Crippen molar-refractivity contribution in [3.8, 4) is 5.75 Å². The van der Waals surface area contributed by atoms with Gasteiger partial charge >= 0.3 is 0 Å². The first-order valence-electron chi connectivity index (χ1n) is 8.92. The summed E-state index contributed by atoms with van der Waals surface area (Å²) in [6, 6.07) is 12.7. The van der Waals surface area contributed by atoms with Crippen LogP contribution in [0.1, 0.15) is 23.6 Å². The monoisotopic (exact) mass is 498 g/mol. The maximum Gasteiger partial charge on any atom is 0.269 e. The second-order valence-corrected chi connectivity index (χ2v) is 6.10. The lowest BCUT2D eigenvalue weighted by atomic mass is 10.1. The first kappa shape index (κ1) is 23.7. The van der Waals surface area contributed by atoms with Crippen molar-refractivity contribution in [3.05, 3.63) is 69.3 Å². The van der Waals surface area contributed by atoms with Crippen molar-refractivity contribution in [2.24, 2.45) is 4.99 Å². The van der Waals surface area contributed by atoms with Gasteiger partial charge in [-0.25, -0.2) is 4.99 Å². The summed E-state index contributed by atoms with van der Waals surface area (Å²) in [5.74, 6) is 1.61. The van der Waals surface area contributed by atoms with Crippen molar-refractivity contribution >= 4 is 35.6 Å². The summed E-state index contributed by atoms with van der Waals surface area (Å²) >= 11 is 0. The number of aliphatic imine (C=N–C) groups is 1. The number of non-ortho nitro benzene ring substituents is 1. The molecule has 0 saturated heterocycles. The molecule has 0 aromatic heterocycles. The van der Waals surface area contributed by atoms with E-state index < -0.39 is 4.92 Å². The number of methoxy groups -OCH3 is 1. The predicted octanol–water partition coefficient (Wildman–Crippen LogP) is 3.83. The molecule has 0 aliphatic heterocycles. The fourth-order valence-electron chi connectivity index (χ4n) is 2.58. The standard InChI is InChI=1S/C20H26N4O3.HI/c1-4-21-20(23-14-17-7-9-18(10-8-17)24(25)26)22-12-11-16-6-5-15(2)19(13-16)27-3;/h5-10,13H,4,11-12,14H2,1-3H3,(H2,21,22,23);1H. The van der Waals surface area contributed by atoms with E-state index in [0.717, 1.165) is 42.3 Å². The lowest BCUT2D eigenvalue weighted by molar-refractivity contribution is -0.384. The first-order valence-corrected chi connectivity index (χ1v) is 8.92. The Morgan fingerprint density at radius 1 is 1.14 bits per heavy atom. The van der Waals surface area contributed by atoms with E-state index in [1.165, 1.54) is 17.7 Å². The quantitative estimate of drug-likeness (QED) is 0.190. The molecule has 0 atom stereocenters. The van der Waals surface area contributed by atoms with E-state index in [0.29, 0.717) is 6.54 Å². The molecule has 0 aliphatic carbocycles. The van der Waals surface area contributed by atoms with Crippen LogP contribution in [0.15, 0.2) is 47.5 Å². The first-order chi connectivity index (χ1) is 13.0. The Balaban J connectivity index is 0.00000392. The topological polar surface area (TPSA) is 88.8 Å². The van der Waals surface area contributed by atoms with Crippen LogP contribution in [0.4, 0.5) is 5.69 Å². The van der Waals surface area contributed by atoms with Gasteiger partial charge in [-0.15, -0.1) is 24.0 Å². The maximum atomic E-state index is 10.7. The van der Waals surface area contributed by atoms with Crippen molar-refractivity contribution in [1.29, 1.82) is 0 Å². The number of halogens is 1. The minimum absolute atomic E-state index is 0. The van der Waals surface area contributed by atoms with Crippen LogP contribution in [-0.4, -0.2) is 31.1 Å². The zero-order valence-electron chi connectivity index (χ0n) is 16.4. The van der Waals surface area contributed by atoms with Gasteiger partial charge in [0, 0.05) is 25.2 Å². The van der Waals surface area contributed by atoms with E-state index in [1.807, 2.05) is 13.8 Å². The van der Waals surface area contributed by atoms with Gasteiger partial charge in [0.15, 0.2) is 5.96 Å². The SMILES string of the molecule is CCNC(=NCc1ccc([N+](=O)[O-])cc1)NCCc1ccc(C)c(OC)c1.I. The van der Waals surface area contributed by atoms with Gasteiger partial charge in [-0.1, -0.05) is 24.3 Å². The summed E-state index contributed by atoms with van der Waals surface area (Å²) in [6.07, 6.45) is 0.846. The van der Waals surface area contributed by atoms with Crippen molar-refractivity contribution in [3.63, 3.8) is 0 Å². The molecule has 0 aliphatic rings. The molecule has 2 rings (SSSR count). The number of nitro benzene ring substituents is 1. The number of rotatable bonds is 8. The van der Waals surface area contributed by atoms with Gasteiger partial charge in [-0.2, -0.15) is 0 Å². The van der Waals surface area contributed by atoms with Gasteiger partial charge < -0.3 is 15.4 Å². The Hall–Kier alpha value is -2.36. The lowest BCUT2D eigenvalue weighted by Gasteiger charge is -2.12. The van der Waals surface area contributed by atoms with Gasteiger partial charge in [0.2, 0.25) is 0 Å². The Kier molecular flexibility index (Phi) is 10.3. The number of ether oxygens (including phenoxy) is 1.